The van der Waals surface area contributed by atoms with E-state index >= 15 is 0 Å². The smallest absolute Gasteiger partial charge is 0.271 e. The van der Waals surface area contributed by atoms with E-state index in [0.717, 1.165) is 19.6 Å². The van der Waals surface area contributed by atoms with Gasteiger partial charge in [0, 0.05) is 19.0 Å². The third-order valence-electron chi connectivity index (χ3n) is 3.10. The first-order valence-corrected chi connectivity index (χ1v) is 7.40. The number of likely N-dealkylation sites (N-methyl/N-ethyl adjacent to an activating group) is 1. The van der Waals surface area contributed by atoms with Crippen LogP contribution in [0.5, 0.6) is 0 Å². The highest BCUT2D eigenvalue weighted by atomic mass is 35.5. The van der Waals surface area contributed by atoms with Crippen LogP contribution < -0.4 is 5.32 Å². The highest BCUT2D eigenvalue weighted by Gasteiger charge is 2.15. The highest BCUT2D eigenvalue weighted by Crippen LogP contribution is 2.16. The molecule has 1 heterocycles. The van der Waals surface area contributed by atoms with Gasteiger partial charge in [-0.05, 0) is 13.1 Å². The lowest BCUT2D eigenvalue weighted by atomic mass is 10.2. The molecule has 0 aliphatic heterocycles. The first-order chi connectivity index (χ1) is 9.49. The molecule has 0 saturated carbocycles. The Kier molecular flexibility index (Phi) is 6.88. The Hall–Kier alpha value is -1.20. The van der Waals surface area contributed by atoms with Crippen molar-refractivity contribution in [2.24, 2.45) is 0 Å². The van der Waals surface area contributed by atoms with Crippen LogP contribution in [0, 0.1) is 0 Å². The molecule has 20 heavy (non-hydrogen) atoms. The number of rotatable bonds is 7. The molecule has 0 saturated heterocycles. The monoisotopic (exact) mass is 298 g/mol. The number of nitrogens with one attached hydrogen (secondary N) is 1. The molecular formula is C14H23ClN4O. The summed E-state index contributed by atoms with van der Waals surface area (Å²) in [6.07, 6.45) is 1.49. The molecule has 0 aliphatic rings. The van der Waals surface area contributed by atoms with Crippen LogP contribution in [0.15, 0.2) is 6.20 Å². The van der Waals surface area contributed by atoms with Gasteiger partial charge < -0.3 is 10.2 Å². The van der Waals surface area contributed by atoms with Gasteiger partial charge in [0.15, 0.2) is 0 Å². The Morgan fingerprint density at radius 3 is 2.60 bits per heavy atom. The average molecular weight is 299 g/mol. The van der Waals surface area contributed by atoms with Crippen LogP contribution in [0.2, 0.25) is 5.02 Å². The maximum Gasteiger partial charge on any atom is 0.271 e. The predicted octanol–water partition coefficient (Wildman–Crippen LogP) is 2.33. The molecule has 5 nitrogen and oxygen atoms in total. The fourth-order valence-electron chi connectivity index (χ4n) is 1.77. The maximum absolute atomic E-state index is 12.1. The van der Waals surface area contributed by atoms with Gasteiger partial charge in [-0.2, -0.15) is 0 Å². The number of hydrogen-bond donors (Lipinski definition) is 1. The second-order valence-corrected chi connectivity index (χ2v) is 5.27. The number of hydrogen-bond acceptors (Lipinski definition) is 4. The zero-order chi connectivity index (χ0) is 15.1. The van der Waals surface area contributed by atoms with Gasteiger partial charge in [0.2, 0.25) is 0 Å². The molecule has 1 aromatic heterocycles. The second kappa shape index (κ2) is 8.17. The third kappa shape index (κ3) is 4.72. The first-order valence-electron chi connectivity index (χ1n) is 7.02. The number of carbonyl (C=O) groups excluding carboxylic acids is 1. The molecule has 6 heteroatoms. The average Bonchev–Trinajstić information content (AvgIpc) is 2.43. The lowest BCUT2D eigenvalue weighted by Gasteiger charge is -2.18. The second-order valence-electron chi connectivity index (χ2n) is 4.86. The molecule has 0 radical (unpaired) electrons. The van der Waals surface area contributed by atoms with Gasteiger partial charge in [0.1, 0.15) is 11.5 Å². The standard InChI is InChI=1S/C14H23ClN4O/c1-5-19(6-2)8-7-16-14(20)12-11(15)9-17-13(18-12)10(3)4/h9-10H,5-8H2,1-4H3,(H,16,20). The number of nitrogens with zero attached hydrogens (tertiary/aromatic N) is 3. The van der Waals surface area contributed by atoms with E-state index in [1.165, 1.54) is 6.20 Å². The Bertz CT molecular complexity index is 447. The van der Waals surface area contributed by atoms with Gasteiger partial charge in [-0.25, -0.2) is 9.97 Å². The van der Waals surface area contributed by atoms with Crippen LogP contribution in [0.1, 0.15) is 49.9 Å². The van der Waals surface area contributed by atoms with E-state index in [2.05, 4.69) is 34.0 Å². The van der Waals surface area contributed by atoms with Gasteiger partial charge in [0.05, 0.1) is 11.2 Å². The normalized spacial score (nSPS) is 11.2. The van der Waals surface area contributed by atoms with E-state index in [0.29, 0.717) is 12.4 Å². The maximum atomic E-state index is 12.1. The topological polar surface area (TPSA) is 58.1 Å². The summed E-state index contributed by atoms with van der Waals surface area (Å²) in [7, 11) is 0. The molecule has 0 aromatic carbocycles. The van der Waals surface area contributed by atoms with Crippen LogP contribution in [0.25, 0.3) is 0 Å². The Morgan fingerprint density at radius 2 is 2.05 bits per heavy atom. The van der Waals surface area contributed by atoms with Gasteiger partial charge >= 0.3 is 0 Å². The minimum atomic E-state index is -0.244. The van der Waals surface area contributed by atoms with Gasteiger partial charge in [-0.3, -0.25) is 4.79 Å². The highest BCUT2D eigenvalue weighted by molar-refractivity contribution is 6.33. The zero-order valence-corrected chi connectivity index (χ0v) is 13.4. The van der Waals surface area contributed by atoms with Crippen molar-refractivity contribution in [1.29, 1.82) is 0 Å². The van der Waals surface area contributed by atoms with Crippen molar-refractivity contribution in [2.75, 3.05) is 26.2 Å². The molecule has 112 valence electrons. The molecule has 0 unspecified atom stereocenters. The predicted molar refractivity (Wildman–Crippen MR) is 81.3 cm³/mol. The summed E-state index contributed by atoms with van der Waals surface area (Å²) in [4.78, 5) is 22.7. The lowest BCUT2D eigenvalue weighted by molar-refractivity contribution is 0.0943. The molecule has 1 rings (SSSR count). The molecule has 1 aromatic rings. The zero-order valence-electron chi connectivity index (χ0n) is 12.6. The van der Waals surface area contributed by atoms with Gasteiger partial charge in [-0.1, -0.05) is 39.3 Å². The molecule has 0 atom stereocenters. The summed E-state index contributed by atoms with van der Waals surface area (Å²) >= 11 is 6.00. The molecule has 0 fully saturated rings. The molecule has 0 spiro atoms. The summed E-state index contributed by atoms with van der Waals surface area (Å²) in [5.74, 6) is 0.546. The van der Waals surface area contributed by atoms with Crippen LogP contribution in [-0.4, -0.2) is 47.0 Å². The van der Waals surface area contributed by atoms with Crippen LogP contribution >= 0.6 is 11.6 Å². The minimum Gasteiger partial charge on any atom is -0.349 e. The fourth-order valence-corrected chi connectivity index (χ4v) is 1.95. The Morgan fingerprint density at radius 1 is 1.40 bits per heavy atom. The summed E-state index contributed by atoms with van der Waals surface area (Å²) in [6.45, 7) is 11.5. The van der Waals surface area contributed by atoms with Gasteiger partial charge in [-0.15, -0.1) is 0 Å². The Labute approximate surface area is 125 Å². The van der Waals surface area contributed by atoms with Crippen molar-refractivity contribution in [3.05, 3.63) is 22.7 Å². The number of aromatic nitrogens is 2. The van der Waals surface area contributed by atoms with E-state index in [-0.39, 0.29) is 22.5 Å². The van der Waals surface area contributed by atoms with Crippen LogP contribution in [0.4, 0.5) is 0 Å². The number of amides is 1. The summed E-state index contributed by atoms with van der Waals surface area (Å²) < 4.78 is 0. The van der Waals surface area contributed by atoms with Crippen molar-refractivity contribution in [1.82, 2.24) is 20.2 Å². The van der Waals surface area contributed by atoms with Gasteiger partial charge in [0.25, 0.3) is 5.91 Å². The van der Waals surface area contributed by atoms with E-state index in [1.54, 1.807) is 0 Å². The number of carbonyl (C=O) groups is 1. The minimum absolute atomic E-state index is 0.162. The van der Waals surface area contributed by atoms with E-state index < -0.39 is 0 Å². The summed E-state index contributed by atoms with van der Waals surface area (Å²) in [6, 6.07) is 0. The molecule has 0 aliphatic carbocycles. The van der Waals surface area contributed by atoms with Crippen LogP contribution in [-0.2, 0) is 0 Å². The van der Waals surface area contributed by atoms with E-state index in [1.807, 2.05) is 13.8 Å². The Balaban J connectivity index is 2.65. The summed E-state index contributed by atoms with van der Waals surface area (Å²) in [5.41, 5.74) is 0.255. The number of halogens is 1. The molecular weight excluding hydrogens is 276 g/mol. The fraction of sp³-hybridized carbons (Fsp3) is 0.643. The van der Waals surface area contributed by atoms with E-state index in [4.69, 9.17) is 11.6 Å². The molecule has 1 N–H and O–H groups in total. The quantitative estimate of drug-likeness (QED) is 0.839. The van der Waals surface area contributed by atoms with Crippen LogP contribution in [0.3, 0.4) is 0 Å². The molecule has 0 bridgehead atoms. The molecule has 1 amide bonds. The van der Waals surface area contributed by atoms with Crippen molar-refractivity contribution >= 4 is 17.5 Å². The van der Waals surface area contributed by atoms with Crippen molar-refractivity contribution in [3.63, 3.8) is 0 Å². The van der Waals surface area contributed by atoms with Crippen molar-refractivity contribution in [2.45, 2.75) is 33.6 Å². The largest absolute Gasteiger partial charge is 0.349 e. The third-order valence-corrected chi connectivity index (χ3v) is 3.38. The SMILES string of the molecule is CCN(CC)CCNC(=O)c1nc(C(C)C)ncc1Cl. The van der Waals surface area contributed by atoms with E-state index in [9.17, 15) is 4.79 Å². The first kappa shape index (κ1) is 16.9. The van der Waals surface area contributed by atoms with Crippen molar-refractivity contribution in [3.8, 4) is 0 Å². The lowest BCUT2D eigenvalue weighted by Crippen LogP contribution is -2.35. The summed E-state index contributed by atoms with van der Waals surface area (Å²) in [5, 5.41) is 3.14. The van der Waals surface area contributed by atoms with Crippen molar-refractivity contribution < 1.29 is 4.79 Å².